The zero-order valence-corrected chi connectivity index (χ0v) is 12.0. The van der Waals surface area contributed by atoms with Gasteiger partial charge in [-0.25, -0.2) is 0 Å². The molecule has 2 unspecified atom stereocenters. The topological polar surface area (TPSA) is 22.1 Å². The summed E-state index contributed by atoms with van der Waals surface area (Å²) >= 11 is 6.51. The van der Waals surface area contributed by atoms with Crippen molar-refractivity contribution < 1.29 is 4.74 Å². The molecule has 2 rings (SSSR count). The number of hydrogen-bond donors (Lipinski definition) is 0. The van der Waals surface area contributed by atoms with Gasteiger partial charge in [0, 0.05) is 17.5 Å². The molecule has 0 amide bonds. The third kappa shape index (κ3) is 3.61. The summed E-state index contributed by atoms with van der Waals surface area (Å²) in [6.07, 6.45) is 10.0. The van der Waals surface area contributed by atoms with Gasteiger partial charge in [-0.2, -0.15) is 0 Å². The van der Waals surface area contributed by atoms with Crippen LogP contribution in [0.25, 0.3) is 0 Å². The molecule has 2 atom stereocenters. The van der Waals surface area contributed by atoms with Gasteiger partial charge in [-0.1, -0.05) is 19.3 Å². The lowest BCUT2D eigenvalue weighted by Gasteiger charge is -2.20. The molecular formula is C15H22ClNO. The normalized spacial score (nSPS) is 24.9. The molecule has 1 heterocycles. The second-order valence-electron chi connectivity index (χ2n) is 5.38. The van der Waals surface area contributed by atoms with E-state index in [1.54, 1.807) is 6.20 Å². The van der Waals surface area contributed by atoms with Crippen molar-refractivity contribution in [3.63, 3.8) is 0 Å². The van der Waals surface area contributed by atoms with Crippen LogP contribution in [0.5, 0.6) is 5.75 Å². The minimum atomic E-state index is 0.183. The summed E-state index contributed by atoms with van der Waals surface area (Å²) in [6, 6.07) is 2.11. The molecule has 1 aliphatic carbocycles. The number of ether oxygens (including phenoxy) is 1. The highest BCUT2D eigenvalue weighted by atomic mass is 35.5. The second kappa shape index (κ2) is 6.42. The van der Waals surface area contributed by atoms with Crippen LogP contribution in [-0.2, 0) is 0 Å². The van der Waals surface area contributed by atoms with E-state index < -0.39 is 0 Å². The summed E-state index contributed by atoms with van der Waals surface area (Å²) in [5, 5.41) is 0.239. The average Bonchev–Trinajstić information content (AvgIpc) is 2.53. The van der Waals surface area contributed by atoms with Crippen molar-refractivity contribution >= 4 is 11.6 Å². The van der Waals surface area contributed by atoms with Gasteiger partial charge in [0.2, 0.25) is 0 Å². The molecule has 1 fully saturated rings. The predicted octanol–water partition coefficient (Wildman–Crippen LogP) is 4.52. The smallest absolute Gasteiger partial charge is 0.138 e. The number of pyridine rings is 1. The molecule has 0 aromatic carbocycles. The van der Waals surface area contributed by atoms with Crippen molar-refractivity contribution in [3.05, 3.63) is 24.0 Å². The Labute approximate surface area is 115 Å². The molecule has 3 heteroatoms. The van der Waals surface area contributed by atoms with E-state index >= 15 is 0 Å². The van der Waals surface area contributed by atoms with Crippen molar-refractivity contribution in [2.24, 2.45) is 0 Å². The van der Waals surface area contributed by atoms with Crippen LogP contribution in [0.2, 0.25) is 0 Å². The molecule has 2 nitrogen and oxygen atoms in total. The molecule has 1 aliphatic rings. The fourth-order valence-corrected chi connectivity index (χ4v) is 3.04. The van der Waals surface area contributed by atoms with E-state index in [1.165, 1.54) is 31.2 Å². The Morgan fingerprint density at radius 2 is 2.00 bits per heavy atom. The van der Waals surface area contributed by atoms with Gasteiger partial charge in [-0.15, -0.1) is 11.6 Å². The fourth-order valence-electron chi connectivity index (χ4n) is 2.61. The van der Waals surface area contributed by atoms with Crippen molar-refractivity contribution in [2.45, 2.75) is 63.4 Å². The zero-order chi connectivity index (χ0) is 13.0. The number of nitrogens with zero attached hydrogens (tertiary/aromatic N) is 1. The molecule has 100 valence electrons. The van der Waals surface area contributed by atoms with Gasteiger partial charge >= 0.3 is 0 Å². The standard InChI is InChI=1S/C15H22ClNO/c1-11(2)18-13-8-12(9-17-10-13)14-6-4-3-5-7-15(14)16/h8-11,14-15H,3-7H2,1-2H3. The van der Waals surface area contributed by atoms with Gasteiger partial charge in [-0.3, -0.25) is 4.98 Å². The number of halogens is 1. The lowest BCUT2D eigenvalue weighted by Crippen LogP contribution is -2.12. The summed E-state index contributed by atoms with van der Waals surface area (Å²) in [6.45, 7) is 4.06. The van der Waals surface area contributed by atoms with Crippen LogP contribution >= 0.6 is 11.6 Å². The Balaban J connectivity index is 2.15. The highest BCUT2D eigenvalue weighted by Crippen LogP contribution is 2.36. The Morgan fingerprint density at radius 3 is 2.78 bits per heavy atom. The van der Waals surface area contributed by atoms with E-state index in [0.29, 0.717) is 5.92 Å². The van der Waals surface area contributed by atoms with Gasteiger partial charge in [0.05, 0.1) is 12.3 Å². The van der Waals surface area contributed by atoms with E-state index in [9.17, 15) is 0 Å². The van der Waals surface area contributed by atoms with Gasteiger partial charge in [0.25, 0.3) is 0 Å². The second-order valence-corrected chi connectivity index (χ2v) is 5.94. The molecule has 1 aromatic rings. The molecule has 1 aromatic heterocycles. The van der Waals surface area contributed by atoms with E-state index in [1.807, 2.05) is 20.0 Å². The maximum Gasteiger partial charge on any atom is 0.138 e. The first-order valence-electron chi connectivity index (χ1n) is 6.92. The monoisotopic (exact) mass is 267 g/mol. The molecule has 0 radical (unpaired) electrons. The summed E-state index contributed by atoms with van der Waals surface area (Å²) in [7, 11) is 0. The fraction of sp³-hybridized carbons (Fsp3) is 0.667. The third-order valence-corrected chi connectivity index (χ3v) is 3.99. The maximum atomic E-state index is 6.51. The summed E-state index contributed by atoms with van der Waals surface area (Å²) < 4.78 is 5.71. The molecule has 0 bridgehead atoms. The molecular weight excluding hydrogens is 246 g/mol. The Bertz CT molecular complexity index is 381. The SMILES string of the molecule is CC(C)Oc1cncc(C2CCCCCC2Cl)c1. The Kier molecular flexibility index (Phi) is 4.87. The quantitative estimate of drug-likeness (QED) is 0.593. The van der Waals surface area contributed by atoms with Crippen LogP contribution in [0.4, 0.5) is 0 Å². The maximum absolute atomic E-state index is 6.51. The van der Waals surface area contributed by atoms with Gasteiger partial charge in [-0.05, 0) is 38.3 Å². The zero-order valence-electron chi connectivity index (χ0n) is 11.2. The number of rotatable bonds is 3. The number of hydrogen-bond acceptors (Lipinski definition) is 2. The highest BCUT2D eigenvalue weighted by Gasteiger charge is 2.23. The van der Waals surface area contributed by atoms with Crippen LogP contribution in [0, 0.1) is 0 Å². The van der Waals surface area contributed by atoms with E-state index in [4.69, 9.17) is 16.3 Å². The predicted molar refractivity (Wildman–Crippen MR) is 75.5 cm³/mol. The lowest BCUT2D eigenvalue weighted by atomic mass is 9.92. The Hall–Kier alpha value is -0.760. The first-order chi connectivity index (χ1) is 8.66. The van der Waals surface area contributed by atoms with E-state index in [-0.39, 0.29) is 11.5 Å². The molecule has 0 saturated heterocycles. The largest absolute Gasteiger partial charge is 0.489 e. The first kappa shape index (κ1) is 13.7. The average molecular weight is 268 g/mol. The highest BCUT2D eigenvalue weighted by molar-refractivity contribution is 6.21. The third-order valence-electron chi connectivity index (χ3n) is 3.47. The van der Waals surface area contributed by atoms with Crippen LogP contribution < -0.4 is 4.74 Å². The minimum Gasteiger partial charge on any atom is -0.489 e. The first-order valence-corrected chi connectivity index (χ1v) is 7.36. The Morgan fingerprint density at radius 1 is 1.22 bits per heavy atom. The molecule has 1 saturated carbocycles. The summed E-state index contributed by atoms with van der Waals surface area (Å²) in [5.41, 5.74) is 1.23. The molecule has 0 N–H and O–H groups in total. The van der Waals surface area contributed by atoms with Crippen molar-refractivity contribution in [1.82, 2.24) is 4.98 Å². The molecule has 18 heavy (non-hydrogen) atoms. The lowest BCUT2D eigenvalue weighted by molar-refractivity contribution is 0.241. The van der Waals surface area contributed by atoms with E-state index in [0.717, 1.165) is 12.2 Å². The van der Waals surface area contributed by atoms with Gasteiger partial charge < -0.3 is 4.74 Å². The molecule has 0 aliphatic heterocycles. The van der Waals surface area contributed by atoms with Gasteiger partial charge in [0.1, 0.15) is 5.75 Å². The van der Waals surface area contributed by atoms with Crippen molar-refractivity contribution in [2.75, 3.05) is 0 Å². The van der Waals surface area contributed by atoms with Crippen molar-refractivity contribution in [1.29, 1.82) is 0 Å². The van der Waals surface area contributed by atoms with Crippen molar-refractivity contribution in [3.8, 4) is 5.75 Å². The molecule has 0 spiro atoms. The summed E-state index contributed by atoms with van der Waals surface area (Å²) in [4.78, 5) is 4.29. The van der Waals surface area contributed by atoms with Crippen LogP contribution in [0.3, 0.4) is 0 Å². The van der Waals surface area contributed by atoms with Crippen LogP contribution in [0.1, 0.15) is 57.4 Å². The number of aromatic nitrogens is 1. The van der Waals surface area contributed by atoms with Crippen LogP contribution in [0.15, 0.2) is 18.5 Å². The van der Waals surface area contributed by atoms with E-state index in [2.05, 4.69) is 11.1 Å². The minimum absolute atomic E-state index is 0.183. The van der Waals surface area contributed by atoms with Gasteiger partial charge in [0.15, 0.2) is 0 Å². The van der Waals surface area contributed by atoms with Crippen LogP contribution in [-0.4, -0.2) is 16.5 Å². The summed E-state index contributed by atoms with van der Waals surface area (Å²) in [5.74, 6) is 1.29. The number of alkyl halides is 1.